The second-order valence-corrected chi connectivity index (χ2v) is 13.4. The lowest BCUT2D eigenvalue weighted by Crippen LogP contribution is -2.38. The number of fused-ring (bicyclic) bond motifs is 5. The van der Waals surface area contributed by atoms with E-state index < -0.39 is 0 Å². The van der Waals surface area contributed by atoms with E-state index in [0.717, 1.165) is 84.8 Å². The summed E-state index contributed by atoms with van der Waals surface area (Å²) in [7, 11) is 3.88. The van der Waals surface area contributed by atoms with Crippen LogP contribution in [0.2, 0.25) is 0 Å². The maximum atomic E-state index is 10.3. The first-order chi connectivity index (χ1) is 19.9. The van der Waals surface area contributed by atoms with Crippen molar-refractivity contribution in [2.75, 3.05) is 27.2 Å². The summed E-state index contributed by atoms with van der Waals surface area (Å²) in [6.07, 6.45) is 10.5. The van der Waals surface area contributed by atoms with E-state index in [1.54, 1.807) is 23.9 Å². The largest absolute Gasteiger partial charge is 0.462 e. The van der Waals surface area contributed by atoms with Gasteiger partial charge in [0.1, 0.15) is 23.4 Å². The van der Waals surface area contributed by atoms with Crippen molar-refractivity contribution in [1.29, 1.82) is 5.26 Å². The lowest BCUT2D eigenvalue weighted by atomic mass is 9.62. The topological polar surface area (TPSA) is 104 Å². The van der Waals surface area contributed by atoms with Gasteiger partial charge in [-0.2, -0.15) is 10.2 Å². The Morgan fingerprint density at radius 3 is 2.93 bits per heavy atom. The second-order valence-electron chi connectivity index (χ2n) is 12.3. The highest BCUT2D eigenvalue weighted by Gasteiger charge is 2.57. The van der Waals surface area contributed by atoms with Crippen molar-refractivity contribution in [2.24, 2.45) is 16.8 Å². The van der Waals surface area contributed by atoms with Crippen molar-refractivity contribution in [2.45, 2.75) is 76.3 Å². The first-order valence-corrected chi connectivity index (χ1v) is 15.7. The molecule has 4 aliphatic rings. The molecule has 41 heavy (non-hydrogen) atoms. The molecule has 0 N–H and O–H groups in total. The first-order valence-electron chi connectivity index (χ1n) is 14.9. The van der Waals surface area contributed by atoms with Crippen LogP contribution < -0.4 is 4.74 Å². The molecule has 5 atom stereocenters. The zero-order valence-corrected chi connectivity index (χ0v) is 25.1. The van der Waals surface area contributed by atoms with Crippen molar-refractivity contribution < 1.29 is 9.26 Å². The van der Waals surface area contributed by atoms with Crippen LogP contribution in [0.5, 0.6) is 6.01 Å². The first kappa shape index (κ1) is 26.6. The fourth-order valence-electron chi connectivity index (χ4n) is 7.93. The van der Waals surface area contributed by atoms with E-state index >= 15 is 0 Å². The Hall–Kier alpha value is -3.29. The van der Waals surface area contributed by atoms with Gasteiger partial charge in [0.15, 0.2) is 5.76 Å². The maximum Gasteiger partial charge on any atom is 0.317 e. The van der Waals surface area contributed by atoms with Gasteiger partial charge in [-0.15, -0.1) is 11.3 Å². The average Bonchev–Trinajstić information content (AvgIpc) is 3.37. The Kier molecular flexibility index (Phi) is 6.62. The summed E-state index contributed by atoms with van der Waals surface area (Å²) in [5.74, 6) is 2.32. The summed E-state index contributed by atoms with van der Waals surface area (Å²) in [6, 6.07) is 5.91. The summed E-state index contributed by atoms with van der Waals surface area (Å²) in [5.41, 5.74) is 4.26. The predicted molar refractivity (Wildman–Crippen MR) is 158 cm³/mol. The van der Waals surface area contributed by atoms with Gasteiger partial charge in [0.25, 0.3) is 0 Å². The molecule has 9 nitrogen and oxygen atoms in total. The quantitative estimate of drug-likeness (QED) is 0.276. The standard InChI is InChI=1S/C31H37N7O2S/c1-5-38-19(14-21-18(2)26(21)38)16-39-30-33-13-10-23(35-30)27-20-8-6-11-31(28(20)36-40-27)12-7-9-24-25(31)22(15-32)29(41-24)34-17-37(3)4/h10,13,17-19,21,26H,5-9,11-12,14,16H2,1-4H3/b34-17+/t18-,19-,21+,26-,31-/m0/s1. The van der Waals surface area contributed by atoms with E-state index in [9.17, 15) is 5.26 Å². The number of aliphatic imine (C=N–C) groups is 1. The van der Waals surface area contributed by atoms with Crippen molar-refractivity contribution in [1.82, 2.24) is 24.9 Å². The molecule has 1 saturated heterocycles. The minimum Gasteiger partial charge on any atom is -0.462 e. The van der Waals surface area contributed by atoms with E-state index in [4.69, 9.17) is 19.4 Å². The minimum absolute atomic E-state index is 0.327. The molecule has 0 aromatic carbocycles. The van der Waals surface area contributed by atoms with Gasteiger partial charge in [0, 0.05) is 48.2 Å². The lowest BCUT2D eigenvalue weighted by Gasteiger charge is -2.39. The molecule has 1 aliphatic heterocycles. The van der Waals surface area contributed by atoms with Crippen LogP contribution in [-0.2, 0) is 18.3 Å². The molecule has 0 amide bonds. The normalized spacial score (nSPS) is 28.4. The molecule has 1 saturated carbocycles. The minimum atomic E-state index is -0.327. The molecule has 0 radical (unpaired) electrons. The van der Waals surface area contributed by atoms with Crippen LogP contribution in [0.3, 0.4) is 0 Å². The summed E-state index contributed by atoms with van der Waals surface area (Å²) in [4.78, 5) is 19.6. The Bertz CT molecular complexity index is 1530. The number of likely N-dealkylation sites (tertiary alicyclic amines) is 1. The van der Waals surface area contributed by atoms with Gasteiger partial charge < -0.3 is 14.2 Å². The van der Waals surface area contributed by atoms with Crippen molar-refractivity contribution in [3.63, 3.8) is 0 Å². The molecule has 214 valence electrons. The second kappa shape index (κ2) is 10.2. The number of rotatable bonds is 7. The number of thiophene rings is 1. The number of nitrogens with zero attached hydrogens (tertiary/aromatic N) is 7. The Balaban J connectivity index is 1.19. The van der Waals surface area contributed by atoms with Crippen LogP contribution in [0.25, 0.3) is 11.5 Å². The average molecular weight is 572 g/mol. The molecule has 3 aliphatic carbocycles. The van der Waals surface area contributed by atoms with Crippen LogP contribution in [0.1, 0.15) is 73.2 Å². The van der Waals surface area contributed by atoms with Gasteiger partial charge in [-0.05, 0) is 75.0 Å². The number of likely N-dealkylation sites (N-methyl/N-ethyl adjacent to an activating group) is 1. The van der Waals surface area contributed by atoms with Crippen LogP contribution in [-0.4, -0.2) is 70.6 Å². The highest BCUT2D eigenvalue weighted by atomic mass is 32.1. The number of piperidine rings is 1. The summed E-state index contributed by atoms with van der Waals surface area (Å²) in [6.45, 7) is 6.25. The number of ether oxygens (including phenoxy) is 1. The third-order valence-corrected chi connectivity index (χ3v) is 10.9. The molecule has 0 unspecified atom stereocenters. The maximum absolute atomic E-state index is 10.3. The highest BCUT2D eigenvalue weighted by Crippen LogP contribution is 2.56. The van der Waals surface area contributed by atoms with E-state index in [2.05, 4.69) is 34.8 Å². The zero-order valence-electron chi connectivity index (χ0n) is 24.3. The lowest BCUT2D eigenvalue weighted by molar-refractivity contribution is 0.141. The number of aryl methyl sites for hydroxylation is 1. The SMILES string of the molecule is CCN1[C@H](COc2nccc(-c3onc4c3CCC[C@@]43CCCc4sc(/N=C/N(C)C)c(C#N)c43)n2)C[C@@H]2[C@H](C)[C@@H]21. The molecular weight excluding hydrogens is 534 g/mol. The van der Waals surface area contributed by atoms with E-state index in [-0.39, 0.29) is 5.41 Å². The smallest absolute Gasteiger partial charge is 0.317 e. The Labute approximate surface area is 245 Å². The van der Waals surface area contributed by atoms with Crippen molar-refractivity contribution in [3.05, 3.63) is 39.5 Å². The molecule has 7 rings (SSSR count). The highest BCUT2D eigenvalue weighted by molar-refractivity contribution is 7.16. The molecule has 3 aromatic rings. The van der Waals surface area contributed by atoms with Gasteiger partial charge in [0.2, 0.25) is 0 Å². The molecular formula is C31H37N7O2S. The van der Waals surface area contributed by atoms with Crippen molar-refractivity contribution in [3.8, 4) is 23.5 Å². The van der Waals surface area contributed by atoms with Crippen LogP contribution >= 0.6 is 11.3 Å². The fourth-order valence-corrected chi connectivity index (χ4v) is 9.16. The number of nitriles is 1. The molecule has 10 heteroatoms. The molecule has 4 heterocycles. The van der Waals surface area contributed by atoms with E-state index in [0.29, 0.717) is 35.7 Å². The van der Waals surface area contributed by atoms with Crippen LogP contribution in [0.15, 0.2) is 21.8 Å². The van der Waals surface area contributed by atoms with Crippen LogP contribution in [0.4, 0.5) is 5.00 Å². The predicted octanol–water partition coefficient (Wildman–Crippen LogP) is 5.35. The summed E-state index contributed by atoms with van der Waals surface area (Å²) < 4.78 is 12.2. The number of aromatic nitrogens is 3. The molecule has 1 spiro atoms. The van der Waals surface area contributed by atoms with Gasteiger partial charge in [0.05, 0.1) is 17.6 Å². The number of hydrogen-bond acceptors (Lipinski definition) is 9. The van der Waals surface area contributed by atoms with Crippen LogP contribution in [0, 0.1) is 23.2 Å². The summed E-state index contributed by atoms with van der Waals surface area (Å²) in [5, 5.41) is 15.8. The van der Waals surface area contributed by atoms with E-state index in [1.165, 1.54) is 11.3 Å². The van der Waals surface area contributed by atoms with Gasteiger partial charge in [-0.3, -0.25) is 4.90 Å². The van der Waals surface area contributed by atoms with Crippen molar-refractivity contribution >= 4 is 22.7 Å². The van der Waals surface area contributed by atoms with Gasteiger partial charge in [-0.25, -0.2) is 9.98 Å². The van der Waals surface area contributed by atoms with Gasteiger partial charge >= 0.3 is 6.01 Å². The fraction of sp³-hybridized carbons (Fsp3) is 0.581. The molecule has 0 bridgehead atoms. The molecule has 2 fully saturated rings. The van der Waals surface area contributed by atoms with Gasteiger partial charge in [-0.1, -0.05) is 19.0 Å². The third kappa shape index (κ3) is 4.28. The number of hydrogen-bond donors (Lipinski definition) is 0. The summed E-state index contributed by atoms with van der Waals surface area (Å²) >= 11 is 1.65. The Morgan fingerprint density at radius 1 is 1.32 bits per heavy atom. The zero-order chi connectivity index (χ0) is 28.3. The third-order valence-electron chi connectivity index (χ3n) is 9.78. The monoisotopic (exact) mass is 571 g/mol. The Morgan fingerprint density at radius 2 is 2.15 bits per heavy atom. The van der Waals surface area contributed by atoms with E-state index in [1.807, 2.05) is 25.1 Å². The molecule has 3 aromatic heterocycles.